The second kappa shape index (κ2) is 16.9. The van der Waals surface area contributed by atoms with E-state index in [1.165, 1.54) is 77.0 Å². The Balaban J connectivity index is 3.05. The van der Waals surface area contributed by atoms with Gasteiger partial charge in [0.2, 0.25) is 0 Å². The lowest BCUT2D eigenvalue weighted by Gasteiger charge is -2.04. The van der Waals surface area contributed by atoms with Gasteiger partial charge in [-0.15, -0.1) is 0 Å². The molecule has 0 aliphatic heterocycles. The van der Waals surface area contributed by atoms with Gasteiger partial charge >= 0.3 is 5.97 Å². The fourth-order valence-electron chi connectivity index (χ4n) is 2.54. The molecule has 130 valence electrons. The summed E-state index contributed by atoms with van der Waals surface area (Å²) in [5.74, 6) is -0.489. The Hall–Kier alpha value is -0.500. The van der Waals surface area contributed by atoms with Crippen LogP contribution in [-0.2, 0) is 9.53 Å². The number of ether oxygens (including phenoxy) is 1. The Kier molecular flexibility index (Phi) is 16.5. The highest BCUT2D eigenvalue weighted by molar-refractivity contribution is 6.40. The van der Waals surface area contributed by atoms with Crippen molar-refractivity contribution in [2.24, 2.45) is 0 Å². The van der Waals surface area contributed by atoms with Crippen molar-refractivity contribution in [1.82, 2.24) is 0 Å². The van der Waals surface area contributed by atoms with Crippen LogP contribution < -0.4 is 0 Å². The SMILES string of the molecule is C=C(Cl)C(=O)OCCCCCCCCCCCCCCCC. The van der Waals surface area contributed by atoms with E-state index < -0.39 is 5.97 Å². The van der Waals surface area contributed by atoms with E-state index in [0.29, 0.717) is 6.61 Å². The summed E-state index contributed by atoms with van der Waals surface area (Å²) in [5, 5.41) is -0.0367. The Morgan fingerprint density at radius 1 is 0.773 bits per heavy atom. The number of hydrogen-bond donors (Lipinski definition) is 0. The lowest BCUT2D eigenvalue weighted by molar-refractivity contribution is -0.138. The average Bonchev–Trinajstić information content (AvgIpc) is 2.50. The molecule has 3 heteroatoms. The monoisotopic (exact) mass is 330 g/mol. The van der Waals surface area contributed by atoms with Crippen LogP contribution in [0.5, 0.6) is 0 Å². The standard InChI is InChI=1S/C19H35ClO2/c1-3-4-5-6-7-8-9-10-11-12-13-14-15-16-17-22-19(21)18(2)20/h2-17H2,1H3. The minimum absolute atomic E-state index is 0.0367. The summed E-state index contributed by atoms with van der Waals surface area (Å²) in [6.07, 6.45) is 18.5. The van der Waals surface area contributed by atoms with Gasteiger partial charge in [0.15, 0.2) is 0 Å². The topological polar surface area (TPSA) is 26.3 Å². The molecular weight excluding hydrogens is 296 g/mol. The predicted octanol–water partition coefficient (Wildman–Crippen LogP) is 6.76. The lowest BCUT2D eigenvalue weighted by atomic mass is 10.0. The van der Waals surface area contributed by atoms with Gasteiger partial charge in [0, 0.05) is 0 Å². The summed E-state index contributed by atoms with van der Waals surface area (Å²) >= 11 is 5.42. The maximum Gasteiger partial charge on any atom is 0.349 e. The van der Waals surface area contributed by atoms with Crippen LogP contribution in [-0.4, -0.2) is 12.6 Å². The minimum Gasteiger partial charge on any atom is -0.461 e. The van der Waals surface area contributed by atoms with Crippen molar-refractivity contribution in [2.75, 3.05) is 6.61 Å². The van der Waals surface area contributed by atoms with Crippen molar-refractivity contribution >= 4 is 17.6 Å². The molecule has 0 aliphatic carbocycles. The molecule has 0 aromatic carbocycles. The van der Waals surface area contributed by atoms with Crippen LogP contribution in [0, 0.1) is 0 Å². The molecule has 0 aliphatic rings. The zero-order valence-electron chi connectivity index (χ0n) is 14.5. The number of carbonyl (C=O) groups excluding carboxylic acids is 1. The fourth-order valence-corrected chi connectivity index (χ4v) is 2.59. The molecule has 0 radical (unpaired) electrons. The number of rotatable bonds is 16. The van der Waals surface area contributed by atoms with E-state index in [-0.39, 0.29) is 5.03 Å². The van der Waals surface area contributed by atoms with E-state index >= 15 is 0 Å². The molecule has 0 rings (SSSR count). The highest BCUT2D eigenvalue weighted by Gasteiger charge is 2.03. The first kappa shape index (κ1) is 21.5. The summed E-state index contributed by atoms with van der Waals surface area (Å²) in [5.41, 5.74) is 0. The Morgan fingerprint density at radius 2 is 1.14 bits per heavy atom. The van der Waals surface area contributed by atoms with Gasteiger partial charge in [0.05, 0.1) is 6.61 Å². The van der Waals surface area contributed by atoms with Gasteiger partial charge in [-0.05, 0) is 6.42 Å². The number of unbranched alkanes of at least 4 members (excludes halogenated alkanes) is 13. The molecule has 0 fully saturated rings. The number of esters is 1. The zero-order valence-corrected chi connectivity index (χ0v) is 15.3. The highest BCUT2D eigenvalue weighted by Crippen LogP contribution is 2.13. The van der Waals surface area contributed by atoms with Crippen molar-refractivity contribution in [3.63, 3.8) is 0 Å². The maximum absolute atomic E-state index is 11.0. The minimum atomic E-state index is -0.489. The predicted molar refractivity (Wildman–Crippen MR) is 96.3 cm³/mol. The Labute approximate surface area is 142 Å². The normalized spacial score (nSPS) is 10.6. The van der Waals surface area contributed by atoms with E-state index in [1.54, 1.807) is 0 Å². The zero-order chi connectivity index (χ0) is 16.5. The smallest absolute Gasteiger partial charge is 0.349 e. The third-order valence-corrected chi connectivity index (χ3v) is 4.11. The van der Waals surface area contributed by atoms with E-state index in [4.69, 9.17) is 16.3 Å². The molecule has 0 aromatic rings. The van der Waals surface area contributed by atoms with Gasteiger partial charge in [0.1, 0.15) is 5.03 Å². The van der Waals surface area contributed by atoms with Crippen LogP contribution in [0.4, 0.5) is 0 Å². The second-order valence-electron chi connectivity index (χ2n) is 6.14. The van der Waals surface area contributed by atoms with Gasteiger partial charge in [0.25, 0.3) is 0 Å². The van der Waals surface area contributed by atoms with Crippen LogP contribution in [0.2, 0.25) is 0 Å². The molecule has 0 amide bonds. The molecule has 0 N–H and O–H groups in total. The summed E-state index contributed by atoms with van der Waals surface area (Å²) in [7, 11) is 0. The first-order chi connectivity index (χ1) is 10.7. The first-order valence-corrected chi connectivity index (χ1v) is 9.57. The van der Waals surface area contributed by atoms with Crippen molar-refractivity contribution in [1.29, 1.82) is 0 Å². The van der Waals surface area contributed by atoms with Crippen LogP contribution in [0.25, 0.3) is 0 Å². The molecule has 0 saturated heterocycles. The van der Waals surface area contributed by atoms with Crippen LogP contribution in [0.15, 0.2) is 11.6 Å². The van der Waals surface area contributed by atoms with Crippen molar-refractivity contribution < 1.29 is 9.53 Å². The lowest BCUT2D eigenvalue weighted by Crippen LogP contribution is -2.04. The molecule has 0 aromatic heterocycles. The highest BCUT2D eigenvalue weighted by atomic mass is 35.5. The molecule has 2 nitrogen and oxygen atoms in total. The molecule has 22 heavy (non-hydrogen) atoms. The molecule has 0 heterocycles. The van der Waals surface area contributed by atoms with Crippen molar-refractivity contribution in [2.45, 2.75) is 96.8 Å². The average molecular weight is 331 g/mol. The van der Waals surface area contributed by atoms with Crippen molar-refractivity contribution in [3.05, 3.63) is 11.6 Å². The quantitative estimate of drug-likeness (QED) is 0.177. The summed E-state index contributed by atoms with van der Waals surface area (Å²) < 4.78 is 4.94. The number of halogens is 1. The maximum atomic E-state index is 11.0. The first-order valence-electron chi connectivity index (χ1n) is 9.20. The second-order valence-corrected chi connectivity index (χ2v) is 6.59. The van der Waals surface area contributed by atoms with Gasteiger partial charge in [-0.2, -0.15) is 0 Å². The fraction of sp³-hybridized carbons (Fsp3) is 0.842. The van der Waals surface area contributed by atoms with Crippen LogP contribution in [0.3, 0.4) is 0 Å². The van der Waals surface area contributed by atoms with E-state index in [0.717, 1.165) is 12.8 Å². The molecule has 0 unspecified atom stereocenters. The van der Waals surface area contributed by atoms with Crippen molar-refractivity contribution in [3.8, 4) is 0 Å². The van der Waals surface area contributed by atoms with E-state index in [9.17, 15) is 4.79 Å². The van der Waals surface area contributed by atoms with Crippen LogP contribution in [0.1, 0.15) is 96.8 Å². The molecule has 0 atom stereocenters. The van der Waals surface area contributed by atoms with Gasteiger partial charge in [-0.25, -0.2) is 4.79 Å². The van der Waals surface area contributed by atoms with E-state index in [2.05, 4.69) is 13.5 Å². The summed E-state index contributed by atoms with van der Waals surface area (Å²) in [6.45, 7) is 6.06. The van der Waals surface area contributed by atoms with Crippen LogP contribution >= 0.6 is 11.6 Å². The van der Waals surface area contributed by atoms with E-state index in [1.807, 2.05) is 0 Å². The third-order valence-electron chi connectivity index (χ3n) is 3.95. The summed E-state index contributed by atoms with van der Waals surface area (Å²) in [4.78, 5) is 11.0. The Bertz CT molecular complexity index is 277. The van der Waals surface area contributed by atoms with Gasteiger partial charge in [-0.3, -0.25) is 0 Å². The molecule has 0 spiro atoms. The molecular formula is C19H35ClO2. The number of carbonyl (C=O) groups is 1. The molecule has 0 saturated carbocycles. The summed E-state index contributed by atoms with van der Waals surface area (Å²) in [6, 6.07) is 0. The van der Waals surface area contributed by atoms with Gasteiger partial charge < -0.3 is 4.74 Å². The number of hydrogen-bond acceptors (Lipinski definition) is 2. The third kappa shape index (κ3) is 15.9. The Morgan fingerprint density at radius 3 is 1.50 bits per heavy atom. The largest absolute Gasteiger partial charge is 0.461 e. The molecule has 0 bridgehead atoms. The van der Waals surface area contributed by atoms with Gasteiger partial charge in [-0.1, -0.05) is 109 Å².